The third kappa shape index (κ3) is 2.55. The molecule has 5 heteroatoms. The Labute approximate surface area is 99.4 Å². The quantitative estimate of drug-likeness (QED) is 0.696. The minimum atomic E-state index is -0.527. The van der Waals surface area contributed by atoms with Gasteiger partial charge in [0.2, 0.25) is 11.8 Å². The van der Waals surface area contributed by atoms with Crippen LogP contribution in [0.2, 0.25) is 0 Å². The second-order valence-electron chi connectivity index (χ2n) is 4.04. The maximum Gasteiger partial charge on any atom is 0.236 e. The van der Waals surface area contributed by atoms with Crippen LogP contribution in [0.25, 0.3) is 0 Å². The average Bonchev–Trinajstić information content (AvgIpc) is 2.35. The number of anilines is 1. The Morgan fingerprint density at radius 3 is 2.94 bits per heavy atom. The van der Waals surface area contributed by atoms with Crippen LogP contribution in [0.4, 0.5) is 5.69 Å². The van der Waals surface area contributed by atoms with E-state index in [1.807, 2.05) is 24.3 Å². The van der Waals surface area contributed by atoms with Gasteiger partial charge in [0.05, 0.1) is 12.5 Å². The van der Waals surface area contributed by atoms with Crippen molar-refractivity contribution < 1.29 is 9.59 Å². The average molecular weight is 233 g/mol. The summed E-state index contributed by atoms with van der Waals surface area (Å²) in [4.78, 5) is 22.5. The number of rotatable bonds is 3. The molecule has 0 fully saturated rings. The molecule has 0 saturated heterocycles. The first-order chi connectivity index (χ1) is 8.18. The number of hydrogen-bond acceptors (Lipinski definition) is 3. The Morgan fingerprint density at radius 2 is 2.18 bits per heavy atom. The molecule has 0 spiro atoms. The molecule has 2 amide bonds. The molecule has 2 rings (SSSR count). The fourth-order valence-corrected chi connectivity index (χ4v) is 2.04. The molecule has 1 heterocycles. The molecular formula is C12H15N3O2. The highest BCUT2D eigenvalue weighted by molar-refractivity contribution is 5.89. The third-order valence-electron chi connectivity index (χ3n) is 2.84. The van der Waals surface area contributed by atoms with Crippen molar-refractivity contribution in [2.75, 3.05) is 18.4 Å². The van der Waals surface area contributed by atoms with E-state index in [9.17, 15) is 9.59 Å². The number of nitrogens with two attached hydrogens (primary N) is 1. The van der Waals surface area contributed by atoms with Crippen LogP contribution < -0.4 is 16.4 Å². The van der Waals surface area contributed by atoms with Gasteiger partial charge in [-0.05, 0) is 18.1 Å². The zero-order valence-corrected chi connectivity index (χ0v) is 9.40. The zero-order chi connectivity index (χ0) is 12.3. The summed E-state index contributed by atoms with van der Waals surface area (Å²) in [6.45, 7) is 0.649. The first-order valence-corrected chi connectivity index (χ1v) is 5.57. The number of carbonyl (C=O) groups is 2. The fourth-order valence-electron chi connectivity index (χ4n) is 2.04. The van der Waals surface area contributed by atoms with Crippen LogP contribution in [0, 0.1) is 0 Å². The number of benzene rings is 1. The molecule has 0 aromatic heterocycles. The lowest BCUT2D eigenvalue weighted by Crippen LogP contribution is -2.38. The van der Waals surface area contributed by atoms with E-state index in [1.165, 1.54) is 0 Å². The smallest absolute Gasteiger partial charge is 0.236 e. The second-order valence-corrected chi connectivity index (χ2v) is 4.04. The van der Waals surface area contributed by atoms with E-state index in [0.29, 0.717) is 0 Å². The van der Waals surface area contributed by atoms with Gasteiger partial charge in [-0.3, -0.25) is 9.59 Å². The van der Waals surface area contributed by atoms with Gasteiger partial charge in [0, 0.05) is 12.2 Å². The molecule has 0 aliphatic carbocycles. The van der Waals surface area contributed by atoms with Gasteiger partial charge in [-0.25, -0.2) is 0 Å². The van der Waals surface area contributed by atoms with Crippen molar-refractivity contribution in [3.8, 4) is 0 Å². The molecule has 1 aliphatic rings. The van der Waals surface area contributed by atoms with Crippen molar-refractivity contribution >= 4 is 17.5 Å². The summed E-state index contributed by atoms with van der Waals surface area (Å²) >= 11 is 0. The number of nitrogens with one attached hydrogen (secondary N) is 2. The molecule has 90 valence electrons. The largest absolute Gasteiger partial charge is 0.385 e. The standard InChI is InChI=1S/C12H15N3O2/c13-11(16)7-15-12(17)9-5-6-14-10-4-2-1-3-8(9)10/h1-4,9,14H,5-7H2,(H2,13,16)(H,15,17). The Bertz CT molecular complexity index is 445. The van der Waals surface area contributed by atoms with Gasteiger partial charge < -0.3 is 16.4 Å². The van der Waals surface area contributed by atoms with Gasteiger partial charge in [0.25, 0.3) is 0 Å². The predicted octanol–water partition coefficient (Wildman–Crippen LogP) is 0.187. The number of fused-ring (bicyclic) bond motifs is 1. The predicted molar refractivity (Wildman–Crippen MR) is 64.5 cm³/mol. The van der Waals surface area contributed by atoms with Crippen molar-refractivity contribution in [2.24, 2.45) is 5.73 Å². The molecule has 17 heavy (non-hydrogen) atoms. The maximum atomic E-state index is 11.9. The van der Waals surface area contributed by atoms with Gasteiger partial charge in [0.15, 0.2) is 0 Å². The first kappa shape index (κ1) is 11.4. The van der Waals surface area contributed by atoms with Gasteiger partial charge in [0.1, 0.15) is 0 Å². The van der Waals surface area contributed by atoms with E-state index in [4.69, 9.17) is 5.73 Å². The molecule has 4 N–H and O–H groups in total. The van der Waals surface area contributed by atoms with Gasteiger partial charge in [-0.2, -0.15) is 0 Å². The highest BCUT2D eigenvalue weighted by Gasteiger charge is 2.25. The van der Waals surface area contributed by atoms with Crippen molar-refractivity contribution in [2.45, 2.75) is 12.3 Å². The highest BCUT2D eigenvalue weighted by Crippen LogP contribution is 2.31. The number of para-hydroxylation sites is 1. The third-order valence-corrected chi connectivity index (χ3v) is 2.84. The highest BCUT2D eigenvalue weighted by atomic mass is 16.2. The van der Waals surface area contributed by atoms with E-state index >= 15 is 0 Å². The Hall–Kier alpha value is -2.04. The fraction of sp³-hybridized carbons (Fsp3) is 0.333. The maximum absolute atomic E-state index is 11.9. The number of hydrogen-bond donors (Lipinski definition) is 3. The summed E-state index contributed by atoms with van der Waals surface area (Å²) in [5, 5.41) is 5.79. The van der Waals surface area contributed by atoms with Crippen LogP contribution in [-0.2, 0) is 9.59 Å². The SMILES string of the molecule is NC(=O)CNC(=O)C1CCNc2ccccc21. The summed E-state index contributed by atoms with van der Waals surface area (Å²) in [6, 6.07) is 7.70. The Morgan fingerprint density at radius 1 is 1.41 bits per heavy atom. The van der Waals surface area contributed by atoms with Crippen molar-refractivity contribution in [1.82, 2.24) is 5.32 Å². The van der Waals surface area contributed by atoms with E-state index in [2.05, 4.69) is 10.6 Å². The molecule has 1 aliphatic heterocycles. The molecule has 1 unspecified atom stereocenters. The molecule has 0 bridgehead atoms. The van der Waals surface area contributed by atoms with Crippen LogP contribution in [0.5, 0.6) is 0 Å². The summed E-state index contributed by atoms with van der Waals surface area (Å²) in [7, 11) is 0. The number of carbonyl (C=O) groups excluding carboxylic acids is 2. The number of primary amides is 1. The van der Waals surface area contributed by atoms with Gasteiger partial charge >= 0.3 is 0 Å². The van der Waals surface area contributed by atoms with E-state index in [1.54, 1.807) is 0 Å². The van der Waals surface area contributed by atoms with Crippen molar-refractivity contribution in [1.29, 1.82) is 0 Å². The molecule has 0 saturated carbocycles. The lowest BCUT2D eigenvalue weighted by atomic mass is 9.90. The Balaban J connectivity index is 2.12. The summed E-state index contributed by atoms with van der Waals surface area (Å²) in [6.07, 6.45) is 0.724. The molecule has 0 radical (unpaired) electrons. The summed E-state index contributed by atoms with van der Waals surface area (Å²) < 4.78 is 0. The summed E-state index contributed by atoms with van der Waals surface area (Å²) in [5.74, 6) is -0.870. The second kappa shape index (κ2) is 4.86. The van der Waals surface area contributed by atoms with Crippen LogP contribution in [0.3, 0.4) is 0 Å². The van der Waals surface area contributed by atoms with Crippen molar-refractivity contribution in [3.63, 3.8) is 0 Å². The topological polar surface area (TPSA) is 84.2 Å². The van der Waals surface area contributed by atoms with Crippen molar-refractivity contribution in [3.05, 3.63) is 29.8 Å². The lowest BCUT2D eigenvalue weighted by molar-refractivity contribution is -0.125. The molecule has 1 atom stereocenters. The van der Waals surface area contributed by atoms with Crippen LogP contribution in [0.15, 0.2) is 24.3 Å². The summed E-state index contributed by atoms with van der Waals surface area (Å²) in [5.41, 5.74) is 6.96. The lowest BCUT2D eigenvalue weighted by Gasteiger charge is -2.25. The molecule has 5 nitrogen and oxygen atoms in total. The van der Waals surface area contributed by atoms with E-state index < -0.39 is 5.91 Å². The number of amides is 2. The molecular weight excluding hydrogens is 218 g/mol. The zero-order valence-electron chi connectivity index (χ0n) is 9.40. The van der Waals surface area contributed by atoms with Gasteiger partial charge in [-0.15, -0.1) is 0 Å². The first-order valence-electron chi connectivity index (χ1n) is 5.57. The van der Waals surface area contributed by atoms with Crippen LogP contribution >= 0.6 is 0 Å². The van der Waals surface area contributed by atoms with Gasteiger partial charge in [-0.1, -0.05) is 18.2 Å². The Kier molecular flexibility index (Phi) is 3.27. The van der Waals surface area contributed by atoms with E-state index in [-0.39, 0.29) is 18.4 Å². The minimum Gasteiger partial charge on any atom is -0.385 e. The van der Waals surface area contributed by atoms with Crippen LogP contribution in [-0.4, -0.2) is 24.9 Å². The molecule has 1 aromatic carbocycles. The molecule has 1 aromatic rings. The monoisotopic (exact) mass is 233 g/mol. The van der Waals surface area contributed by atoms with E-state index in [0.717, 1.165) is 24.2 Å². The van der Waals surface area contributed by atoms with Crippen LogP contribution in [0.1, 0.15) is 17.9 Å². The normalized spacial score (nSPS) is 17.8. The minimum absolute atomic E-state index is 0.106.